The van der Waals surface area contributed by atoms with Gasteiger partial charge in [-0.25, -0.2) is 22.9 Å². The van der Waals surface area contributed by atoms with E-state index in [4.69, 9.17) is 5.10 Å². The minimum Gasteiger partial charge on any atom is -0.477 e. The van der Waals surface area contributed by atoms with Gasteiger partial charge in [-0.2, -0.15) is 5.10 Å². The van der Waals surface area contributed by atoms with Gasteiger partial charge in [0, 0.05) is 25.3 Å². The molecule has 2 aliphatic rings. The third kappa shape index (κ3) is 3.64. The zero-order valence-corrected chi connectivity index (χ0v) is 18.8. The number of benzene rings is 1. The van der Waals surface area contributed by atoms with Crippen LogP contribution in [0, 0.1) is 0 Å². The Morgan fingerprint density at radius 1 is 1.09 bits per heavy atom. The zero-order chi connectivity index (χ0) is 22.5. The van der Waals surface area contributed by atoms with Crippen molar-refractivity contribution in [3.05, 3.63) is 47.8 Å². The van der Waals surface area contributed by atoms with Crippen molar-refractivity contribution in [2.45, 2.75) is 43.3 Å². The third-order valence-electron chi connectivity index (χ3n) is 6.74. The highest BCUT2D eigenvalue weighted by molar-refractivity contribution is 7.91. The highest BCUT2D eigenvalue weighted by atomic mass is 32.2. The molecule has 0 radical (unpaired) electrons. The van der Waals surface area contributed by atoms with E-state index in [2.05, 4.69) is 9.88 Å². The second kappa shape index (κ2) is 7.88. The average molecular weight is 455 g/mol. The summed E-state index contributed by atoms with van der Waals surface area (Å²) in [5.74, 6) is -0.766. The van der Waals surface area contributed by atoms with Gasteiger partial charge in [-0.1, -0.05) is 24.6 Å². The zero-order valence-electron chi connectivity index (χ0n) is 17.9. The van der Waals surface area contributed by atoms with E-state index < -0.39 is 15.8 Å². The Kier molecular flexibility index (Phi) is 5.16. The van der Waals surface area contributed by atoms with Gasteiger partial charge in [-0.15, -0.1) is 0 Å². The Morgan fingerprint density at radius 3 is 2.34 bits per heavy atom. The quantitative estimate of drug-likeness (QED) is 0.630. The van der Waals surface area contributed by atoms with Crippen LogP contribution in [-0.4, -0.2) is 58.9 Å². The van der Waals surface area contributed by atoms with E-state index in [1.54, 1.807) is 10.7 Å². The molecule has 0 atom stereocenters. The Balaban J connectivity index is 1.68. The molecule has 5 rings (SSSR count). The summed E-state index contributed by atoms with van der Waals surface area (Å²) in [5.41, 5.74) is 3.09. The molecule has 9 heteroatoms. The Bertz CT molecular complexity index is 1270. The summed E-state index contributed by atoms with van der Waals surface area (Å²) in [6, 6.07) is 11.3. The second-order valence-electron chi connectivity index (χ2n) is 8.81. The third-order valence-corrected chi connectivity index (χ3v) is 8.43. The van der Waals surface area contributed by atoms with Crippen molar-refractivity contribution < 1.29 is 18.3 Å². The van der Waals surface area contributed by atoms with E-state index in [1.165, 1.54) is 6.26 Å². The fourth-order valence-corrected chi connectivity index (χ4v) is 5.79. The van der Waals surface area contributed by atoms with Crippen LogP contribution in [-0.2, 0) is 9.84 Å². The number of carboxylic acids is 1. The number of piperidine rings is 1. The highest BCUT2D eigenvalue weighted by Gasteiger charge is 2.32. The molecular formula is C23H26N4O4S. The minimum atomic E-state index is -3.09. The smallest absolute Gasteiger partial charge is 0.354 e. The molecule has 1 aliphatic carbocycles. The van der Waals surface area contributed by atoms with Crippen LogP contribution in [0.2, 0.25) is 0 Å². The van der Waals surface area contributed by atoms with Crippen LogP contribution in [0.3, 0.4) is 0 Å². The Hall–Kier alpha value is -2.94. The number of hydrogen-bond donors (Lipinski definition) is 1. The van der Waals surface area contributed by atoms with Crippen molar-refractivity contribution in [2.75, 3.05) is 24.2 Å². The van der Waals surface area contributed by atoms with Gasteiger partial charge in [0.05, 0.1) is 27.7 Å². The molecule has 0 amide bonds. The van der Waals surface area contributed by atoms with Crippen LogP contribution >= 0.6 is 0 Å². The molecule has 0 unspecified atom stereocenters. The van der Waals surface area contributed by atoms with Crippen molar-refractivity contribution in [1.82, 2.24) is 14.8 Å². The van der Waals surface area contributed by atoms with Crippen molar-refractivity contribution in [2.24, 2.45) is 0 Å². The van der Waals surface area contributed by atoms with E-state index in [1.807, 2.05) is 30.3 Å². The number of aromatic carboxylic acids is 1. The number of hydrogen-bond acceptors (Lipinski definition) is 6. The fraction of sp³-hybridized carbons (Fsp3) is 0.435. The standard InChI is InChI=1S/C23H26N4O4S/c1-32(30,31)17-10-12-26(13-11-17)19-14-18(23(28)29)24-22-20(19)21(15-6-5-7-15)25-27(22)16-8-3-2-4-9-16/h2-4,8-9,14-15,17H,5-7,10-13H2,1H3,(H,28,29). The monoisotopic (exact) mass is 454 g/mol. The highest BCUT2D eigenvalue weighted by Crippen LogP contribution is 2.43. The molecule has 32 heavy (non-hydrogen) atoms. The molecule has 1 aliphatic heterocycles. The van der Waals surface area contributed by atoms with Gasteiger partial charge in [-0.3, -0.25) is 0 Å². The molecule has 1 saturated carbocycles. The molecular weight excluding hydrogens is 428 g/mol. The maximum atomic E-state index is 12.0. The second-order valence-corrected chi connectivity index (χ2v) is 11.1. The van der Waals surface area contributed by atoms with Crippen LogP contribution in [0.1, 0.15) is 54.2 Å². The molecule has 0 bridgehead atoms. The lowest BCUT2D eigenvalue weighted by molar-refractivity contribution is 0.0691. The molecule has 0 spiro atoms. The predicted molar refractivity (Wildman–Crippen MR) is 122 cm³/mol. The van der Waals surface area contributed by atoms with E-state index in [-0.39, 0.29) is 10.9 Å². The largest absolute Gasteiger partial charge is 0.477 e. The van der Waals surface area contributed by atoms with Gasteiger partial charge in [0.2, 0.25) is 0 Å². The van der Waals surface area contributed by atoms with Crippen LogP contribution in [0.5, 0.6) is 0 Å². The maximum Gasteiger partial charge on any atom is 0.354 e. The van der Waals surface area contributed by atoms with Crippen LogP contribution in [0.4, 0.5) is 5.69 Å². The number of fused-ring (bicyclic) bond motifs is 1. The molecule has 3 aromatic rings. The lowest BCUT2D eigenvalue weighted by Gasteiger charge is -2.34. The van der Waals surface area contributed by atoms with Crippen LogP contribution in [0.25, 0.3) is 16.7 Å². The Labute approximate surface area is 186 Å². The van der Waals surface area contributed by atoms with Crippen molar-refractivity contribution in [1.29, 1.82) is 0 Å². The van der Waals surface area contributed by atoms with Gasteiger partial charge in [0.15, 0.2) is 11.3 Å². The lowest BCUT2D eigenvalue weighted by Crippen LogP contribution is -2.39. The first-order valence-corrected chi connectivity index (χ1v) is 12.9. The molecule has 3 heterocycles. The number of carbonyl (C=O) groups is 1. The van der Waals surface area contributed by atoms with Crippen molar-refractivity contribution in [3.63, 3.8) is 0 Å². The number of nitrogens with zero attached hydrogens (tertiary/aromatic N) is 4. The van der Waals surface area contributed by atoms with Gasteiger partial charge < -0.3 is 10.0 Å². The van der Waals surface area contributed by atoms with Crippen LogP contribution in [0.15, 0.2) is 36.4 Å². The fourth-order valence-electron chi connectivity index (χ4n) is 4.72. The normalized spacial score (nSPS) is 18.1. The molecule has 1 aromatic carbocycles. The molecule has 8 nitrogen and oxygen atoms in total. The number of pyridine rings is 1. The number of aromatic nitrogens is 3. The van der Waals surface area contributed by atoms with Gasteiger partial charge in [0.1, 0.15) is 9.84 Å². The first-order valence-electron chi connectivity index (χ1n) is 11.0. The topological polar surface area (TPSA) is 105 Å². The number of anilines is 1. The summed E-state index contributed by atoms with van der Waals surface area (Å²) in [4.78, 5) is 18.5. The Morgan fingerprint density at radius 2 is 1.78 bits per heavy atom. The van der Waals surface area contributed by atoms with E-state index in [0.29, 0.717) is 37.5 Å². The van der Waals surface area contributed by atoms with E-state index in [9.17, 15) is 18.3 Å². The number of rotatable bonds is 5. The average Bonchev–Trinajstić information content (AvgIpc) is 3.11. The minimum absolute atomic E-state index is 0.0324. The molecule has 1 N–H and O–H groups in total. The van der Waals surface area contributed by atoms with E-state index >= 15 is 0 Å². The summed E-state index contributed by atoms with van der Waals surface area (Å²) in [6.45, 7) is 1.10. The van der Waals surface area contributed by atoms with Gasteiger partial charge in [-0.05, 0) is 43.9 Å². The number of sulfone groups is 1. The number of para-hydroxylation sites is 1. The molecule has 1 saturated heterocycles. The molecule has 2 aromatic heterocycles. The summed E-state index contributed by atoms with van der Waals surface area (Å²) in [6.07, 6.45) is 5.60. The first kappa shape index (κ1) is 20.9. The van der Waals surface area contributed by atoms with Gasteiger partial charge >= 0.3 is 5.97 Å². The summed E-state index contributed by atoms with van der Waals surface area (Å²) >= 11 is 0. The SMILES string of the molecule is CS(=O)(=O)C1CCN(c2cc(C(=O)O)nc3c2c(C2CCC2)nn3-c2ccccc2)CC1. The predicted octanol–water partition coefficient (Wildman–Crippen LogP) is 3.40. The van der Waals surface area contributed by atoms with E-state index in [0.717, 1.165) is 41.7 Å². The summed E-state index contributed by atoms with van der Waals surface area (Å²) in [7, 11) is -3.09. The first-order chi connectivity index (χ1) is 15.3. The maximum absolute atomic E-state index is 12.0. The summed E-state index contributed by atoms with van der Waals surface area (Å²) < 4.78 is 25.8. The van der Waals surface area contributed by atoms with Crippen LogP contribution < -0.4 is 4.90 Å². The van der Waals surface area contributed by atoms with Crippen molar-refractivity contribution >= 4 is 32.5 Å². The molecule has 2 fully saturated rings. The van der Waals surface area contributed by atoms with Crippen molar-refractivity contribution in [3.8, 4) is 5.69 Å². The summed E-state index contributed by atoms with van der Waals surface area (Å²) in [5, 5.41) is 15.2. The lowest BCUT2D eigenvalue weighted by atomic mass is 9.82. The van der Waals surface area contributed by atoms with Gasteiger partial charge in [0.25, 0.3) is 0 Å². The number of carboxylic acid groups (broad SMARTS) is 1. The molecule has 168 valence electrons.